The van der Waals surface area contributed by atoms with Crippen molar-refractivity contribution in [1.29, 1.82) is 0 Å². The molecule has 0 heterocycles. The van der Waals surface area contributed by atoms with Crippen LogP contribution >= 0.6 is 15.9 Å². The van der Waals surface area contributed by atoms with E-state index in [1.807, 2.05) is 0 Å². The van der Waals surface area contributed by atoms with Crippen LogP contribution in [-0.2, 0) is 9.53 Å². The Morgan fingerprint density at radius 3 is 2.60 bits per heavy atom. The minimum atomic E-state index is -0.669. The predicted octanol–water partition coefficient (Wildman–Crippen LogP) is 3.32. The van der Waals surface area contributed by atoms with Gasteiger partial charge in [-0.2, -0.15) is 0 Å². The van der Waals surface area contributed by atoms with Crippen molar-refractivity contribution >= 4 is 27.7 Å². The van der Waals surface area contributed by atoms with E-state index in [1.165, 1.54) is 0 Å². The Hall–Kier alpha value is -1.16. The number of hydrogen-bond acceptors (Lipinski definition) is 2. The Bertz CT molecular complexity index is 371. The van der Waals surface area contributed by atoms with Gasteiger partial charge in [-0.3, -0.25) is 0 Å². The molecule has 0 N–H and O–H groups in total. The van der Waals surface area contributed by atoms with Crippen LogP contribution in [0, 0.1) is 0 Å². The van der Waals surface area contributed by atoms with Crippen molar-refractivity contribution in [2.45, 2.75) is 6.92 Å². The van der Waals surface area contributed by atoms with Gasteiger partial charge in [-0.25, -0.2) is 9.18 Å². The van der Waals surface area contributed by atoms with Crippen molar-refractivity contribution in [3.63, 3.8) is 0 Å². The molecule has 0 aliphatic heterocycles. The predicted molar refractivity (Wildman–Crippen MR) is 59.9 cm³/mol. The molecule has 0 bridgehead atoms. The number of rotatable bonds is 3. The van der Waals surface area contributed by atoms with Crippen LogP contribution in [0.3, 0.4) is 0 Å². The second kappa shape index (κ2) is 5.66. The molecule has 4 heteroatoms. The van der Waals surface area contributed by atoms with Gasteiger partial charge >= 0.3 is 5.97 Å². The third-order valence-corrected chi connectivity index (χ3v) is 2.18. The quantitative estimate of drug-likeness (QED) is 0.623. The first-order valence-electron chi connectivity index (χ1n) is 4.43. The number of esters is 1. The highest BCUT2D eigenvalue weighted by Crippen LogP contribution is 2.18. The van der Waals surface area contributed by atoms with Crippen molar-refractivity contribution in [1.82, 2.24) is 0 Å². The third-order valence-electron chi connectivity index (χ3n) is 1.65. The van der Waals surface area contributed by atoms with Gasteiger partial charge in [-0.1, -0.05) is 28.1 Å². The lowest BCUT2D eigenvalue weighted by Gasteiger charge is -1.99. The van der Waals surface area contributed by atoms with Crippen molar-refractivity contribution in [3.8, 4) is 0 Å². The molecule has 1 aromatic rings. The van der Waals surface area contributed by atoms with Crippen LogP contribution in [0.4, 0.5) is 4.39 Å². The molecule has 0 atom stereocenters. The van der Waals surface area contributed by atoms with Gasteiger partial charge in [0.05, 0.1) is 12.7 Å². The number of benzene rings is 1. The fraction of sp³-hybridized carbons (Fsp3) is 0.182. The minimum absolute atomic E-state index is 0.239. The van der Waals surface area contributed by atoms with Gasteiger partial charge in [0.15, 0.2) is 0 Å². The van der Waals surface area contributed by atoms with Crippen LogP contribution in [0.25, 0.3) is 5.83 Å². The summed E-state index contributed by atoms with van der Waals surface area (Å²) in [6, 6.07) is 6.56. The highest BCUT2D eigenvalue weighted by molar-refractivity contribution is 9.10. The Labute approximate surface area is 95.9 Å². The van der Waals surface area contributed by atoms with Crippen molar-refractivity contribution in [2.75, 3.05) is 6.61 Å². The van der Waals surface area contributed by atoms with Crippen LogP contribution in [0.15, 0.2) is 34.8 Å². The molecule has 15 heavy (non-hydrogen) atoms. The van der Waals surface area contributed by atoms with E-state index in [0.29, 0.717) is 5.56 Å². The fourth-order valence-electron chi connectivity index (χ4n) is 0.980. The Balaban J connectivity index is 2.79. The number of carbonyl (C=O) groups is 1. The van der Waals surface area contributed by atoms with Gasteiger partial charge in [0.1, 0.15) is 5.83 Å². The third kappa shape index (κ3) is 3.83. The molecular weight excluding hydrogens is 263 g/mol. The molecular formula is C11H10BrFO2. The van der Waals surface area contributed by atoms with E-state index >= 15 is 0 Å². The highest BCUT2D eigenvalue weighted by atomic mass is 79.9. The Morgan fingerprint density at radius 2 is 2.07 bits per heavy atom. The maximum atomic E-state index is 13.4. The number of halogens is 2. The molecule has 1 rings (SSSR count). The molecule has 0 spiro atoms. The zero-order valence-electron chi connectivity index (χ0n) is 8.17. The molecule has 0 saturated heterocycles. The summed E-state index contributed by atoms with van der Waals surface area (Å²) in [5, 5.41) is 0. The van der Waals surface area contributed by atoms with E-state index in [1.54, 1.807) is 31.2 Å². The Morgan fingerprint density at radius 1 is 1.47 bits per heavy atom. The first-order chi connectivity index (χ1) is 7.13. The molecule has 0 saturated carbocycles. The topological polar surface area (TPSA) is 26.3 Å². The molecule has 0 amide bonds. The summed E-state index contributed by atoms with van der Waals surface area (Å²) in [5.74, 6) is -1.26. The standard InChI is InChI=1S/C11H10BrFO2/c1-2-15-11(14)7-10(13)8-3-5-9(12)6-4-8/h3-7H,2H2,1H3/b10-7+. The van der Waals surface area contributed by atoms with E-state index in [2.05, 4.69) is 20.7 Å². The van der Waals surface area contributed by atoms with E-state index in [4.69, 9.17) is 0 Å². The van der Waals surface area contributed by atoms with Gasteiger partial charge < -0.3 is 4.74 Å². The average molecular weight is 273 g/mol. The minimum Gasteiger partial charge on any atom is -0.463 e. The molecule has 0 fully saturated rings. The lowest BCUT2D eigenvalue weighted by molar-refractivity contribution is -0.137. The lowest BCUT2D eigenvalue weighted by Crippen LogP contribution is -1.99. The van der Waals surface area contributed by atoms with Crippen LogP contribution in [0.2, 0.25) is 0 Å². The normalized spacial score (nSPS) is 11.3. The smallest absolute Gasteiger partial charge is 0.333 e. The molecule has 0 aliphatic carbocycles. The second-order valence-corrected chi connectivity index (χ2v) is 3.67. The maximum absolute atomic E-state index is 13.4. The van der Waals surface area contributed by atoms with Crippen LogP contribution in [0.5, 0.6) is 0 Å². The highest BCUT2D eigenvalue weighted by Gasteiger charge is 2.04. The largest absolute Gasteiger partial charge is 0.463 e. The summed E-state index contributed by atoms with van der Waals surface area (Å²) in [5.41, 5.74) is 0.353. The van der Waals surface area contributed by atoms with E-state index in [0.717, 1.165) is 10.5 Å². The summed E-state index contributed by atoms with van der Waals surface area (Å²) < 4.78 is 18.8. The van der Waals surface area contributed by atoms with Crippen LogP contribution in [-0.4, -0.2) is 12.6 Å². The van der Waals surface area contributed by atoms with Gasteiger partial charge in [0, 0.05) is 10.0 Å². The summed E-state index contributed by atoms with van der Waals surface area (Å²) in [4.78, 5) is 10.9. The fourth-order valence-corrected chi connectivity index (χ4v) is 1.24. The Kier molecular flexibility index (Phi) is 4.49. The second-order valence-electron chi connectivity index (χ2n) is 2.75. The maximum Gasteiger partial charge on any atom is 0.333 e. The number of ether oxygens (including phenoxy) is 1. The van der Waals surface area contributed by atoms with Crippen molar-refractivity contribution in [2.24, 2.45) is 0 Å². The first kappa shape index (κ1) is 11.9. The molecule has 0 radical (unpaired) electrons. The van der Waals surface area contributed by atoms with E-state index < -0.39 is 11.8 Å². The van der Waals surface area contributed by atoms with Gasteiger partial charge in [-0.05, 0) is 19.1 Å². The van der Waals surface area contributed by atoms with E-state index in [9.17, 15) is 9.18 Å². The van der Waals surface area contributed by atoms with Gasteiger partial charge in [0.2, 0.25) is 0 Å². The summed E-state index contributed by atoms with van der Waals surface area (Å²) >= 11 is 3.24. The molecule has 1 aromatic carbocycles. The average Bonchev–Trinajstić information content (AvgIpc) is 2.18. The SMILES string of the molecule is CCOC(=O)/C=C(/F)c1ccc(Br)cc1. The number of carbonyl (C=O) groups excluding carboxylic acids is 1. The van der Waals surface area contributed by atoms with Crippen molar-refractivity contribution in [3.05, 3.63) is 40.4 Å². The van der Waals surface area contributed by atoms with Crippen molar-refractivity contribution < 1.29 is 13.9 Å². The molecule has 0 unspecified atom stereocenters. The molecule has 0 aliphatic rings. The van der Waals surface area contributed by atoms with Crippen LogP contribution < -0.4 is 0 Å². The van der Waals surface area contributed by atoms with Gasteiger partial charge in [-0.15, -0.1) is 0 Å². The summed E-state index contributed by atoms with van der Waals surface area (Å²) in [6.45, 7) is 1.91. The zero-order chi connectivity index (χ0) is 11.3. The lowest BCUT2D eigenvalue weighted by atomic mass is 10.2. The van der Waals surface area contributed by atoms with Gasteiger partial charge in [0.25, 0.3) is 0 Å². The van der Waals surface area contributed by atoms with E-state index in [-0.39, 0.29) is 6.61 Å². The number of hydrogen-bond donors (Lipinski definition) is 0. The monoisotopic (exact) mass is 272 g/mol. The summed E-state index contributed by atoms with van der Waals surface area (Å²) in [7, 11) is 0. The zero-order valence-corrected chi connectivity index (χ0v) is 9.75. The molecule has 80 valence electrons. The molecule has 2 nitrogen and oxygen atoms in total. The first-order valence-corrected chi connectivity index (χ1v) is 5.22. The molecule has 0 aromatic heterocycles. The van der Waals surface area contributed by atoms with Crippen LogP contribution in [0.1, 0.15) is 12.5 Å². The summed E-state index contributed by atoms with van der Waals surface area (Å²) in [6.07, 6.45) is 0.840.